The predicted molar refractivity (Wildman–Crippen MR) is 97.2 cm³/mol. The van der Waals surface area contributed by atoms with Gasteiger partial charge in [-0.1, -0.05) is 17.7 Å². The molecule has 0 aliphatic carbocycles. The number of nitrogens with zero attached hydrogens (tertiary/aromatic N) is 1. The van der Waals surface area contributed by atoms with Crippen molar-refractivity contribution in [2.45, 2.75) is 0 Å². The largest absolute Gasteiger partial charge is 0.495 e. The smallest absolute Gasteiger partial charge is 0.267 e. The minimum absolute atomic E-state index is 0.132. The topological polar surface area (TPSA) is 98.5 Å². The average Bonchev–Trinajstić information content (AvgIpc) is 2.55. The molecule has 2 aromatic rings. The van der Waals surface area contributed by atoms with E-state index in [2.05, 4.69) is 15.6 Å². The molecule has 0 atom stereocenters. The number of nitrogens with one attached hydrogen (secondary N) is 2. The first kappa shape index (κ1) is 17.8. The highest BCUT2D eigenvalue weighted by atomic mass is 35.5. The number of anilines is 2. The lowest BCUT2D eigenvalue weighted by molar-refractivity contribution is 0.0995. The Kier molecular flexibility index (Phi) is 5.78. The lowest BCUT2D eigenvalue weighted by Gasteiger charge is -2.15. The van der Waals surface area contributed by atoms with E-state index in [1.807, 2.05) is 0 Å². The second kappa shape index (κ2) is 7.80. The van der Waals surface area contributed by atoms with Gasteiger partial charge in [-0.2, -0.15) is 0 Å². The Morgan fingerprint density at radius 3 is 2.54 bits per heavy atom. The predicted octanol–water partition coefficient (Wildman–Crippen LogP) is 2.66. The van der Waals surface area contributed by atoms with Gasteiger partial charge in [-0.05, 0) is 30.4 Å². The molecule has 0 saturated heterocycles. The maximum absolute atomic E-state index is 11.2. The molecule has 1 amide bonds. The van der Waals surface area contributed by atoms with Gasteiger partial charge >= 0.3 is 0 Å². The van der Waals surface area contributed by atoms with E-state index in [1.165, 1.54) is 20.3 Å². The van der Waals surface area contributed by atoms with E-state index in [9.17, 15) is 4.79 Å². The van der Waals surface area contributed by atoms with Crippen LogP contribution in [-0.4, -0.2) is 30.2 Å². The number of nitrogens with two attached hydrogens (primary N) is 1. The van der Waals surface area contributed by atoms with E-state index in [1.54, 1.807) is 24.3 Å². The van der Waals surface area contributed by atoms with Crippen LogP contribution in [0, 0.1) is 0 Å². The Morgan fingerprint density at radius 2 is 1.92 bits per heavy atom. The number of methoxy groups -OCH3 is 2. The van der Waals surface area contributed by atoms with Crippen molar-refractivity contribution >= 4 is 46.3 Å². The number of pyridine rings is 1. The van der Waals surface area contributed by atoms with Crippen molar-refractivity contribution in [1.29, 1.82) is 0 Å². The van der Waals surface area contributed by atoms with Crippen molar-refractivity contribution in [2.75, 3.05) is 24.9 Å². The third-order valence-corrected chi connectivity index (χ3v) is 3.46. The number of rotatable bonds is 5. The molecule has 2 rings (SSSR count). The summed E-state index contributed by atoms with van der Waals surface area (Å²) in [6.07, 6.45) is 0. The van der Waals surface area contributed by atoms with Gasteiger partial charge in [-0.3, -0.25) is 4.79 Å². The SMILES string of the molecule is COc1cc(OC)c(NC(=S)Nc2cccc(C(N)=O)n2)cc1Cl. The fourth-order valence-corrected chi connectivity index (χ4v) is 2.32. The molecule has 7 nitrogen and oxygen atoms in total. The third-order valence-electron chi connectivity index (χ3n) is 2.97. The molecule has 0 saturated carbocycles. The lowest BCUT2D eigenvalue weighted by atomic mass is 10.2. The standard InChI is InChI=1S/C15H15ClN4O3S/c1-22-11-7-12(23-2)10(6-8(11)16)19-15(24)20-13-5-3-4-9(18-13)14(17)21/h3-7H,1-2H3,(H2,17,21)(H2,18,19,20,24). The number of thiocarbonyl (C=S) groups is 1. The Morgan fingerprint density at radius 1 is 1.21 bits per heavy atom. The molecule has 24 heavy (non-hydrogen) atoms. The minimum atomic E-state index is -0.624. The number of primary amides is 1. The highest BCUT2D eigenvalue weighted by Gasteiger charge is 2.12. The van der Waals surface area contributed by atoms with Crippen LogP contribution in [0.15, 0.2) is 30.3 Å². The van der Waals surface area contributed by atoms with Crippen LogP contribution in [0.1, 0.15) is 10.5 Å². The molecule has 0 radical (unpaired) electrons. The van der Waals surface area contributed by atoms with E-state index < -0.39 is 5.91 Å². The number of halogens is 1. The summed E-state index contributed by atoms with van der Waals surface area (Å²) < 4.78 is 10.4. The molecule has 1 aromatic carbocycles. The van der Waals surface area contributed by atoms with Gasteiger partial charge in [-0.15, -0.1) is 0 Å². The van der Waals surface area contributed by atoms with Crippen LogP contribution in [0.25, 0.3) is 0 Å². The summed E-state index contributed by atoms with van der Waals surface area (Å²) in [4.78, 5) is 15.2. The maximum atomic E-state index is 11.2. The molecule has 4 N–H and O–H groups in total. The summed E-state index contributed by atoms with van der Waals surface area (Å²) in [6.45, 7) is 0. The number of carbonyl (C=O) groups excluding carboxylic acids is 1. The van der Waals surface area contributed by atoms with Crippen LogP contribution in [0.4, 0.5) is 11.5 Å². The van der Waals surface area contributed by atoms with E-state index >= 15 is 0 Å². The summed E-state index contributed by atoms with van der Waals surface area (Å²) in [7, 11) is 3.03. The van der Waals surface area contributed by atoms with Gasteiger partial charge in [0.15, 0.2) is 5.11 Å². The van der Waals surface area contributed by atoms with Crippen molar-refractivity contribution in [3.8, 4) is 11.5 Å². The van der Waals surface area contributed by atoms with E-state index in [0.717, 1.165) is 0 Å². The van der Waals surface area contributed by atoms with Gasteiger partial charge in [0.2, 0.25) is 0 Å². The van der Waals surface area contributed by atoms with Gasteiger partial charge in [0.25, 0.3) is 5.91 Å². The number of ether oxygens (including phenoxy) is 2. The third kappa shape index (κ3) is 4.24. The molecule has 0 aliphatic heterocycles. The Balaban J connectivity index is 2.16. The van der Waals surface area contributed by atoms with Gasteiger partial charge in [0.1, 0.15) is 23.0 Å². The highest BCUT2D eigenvalue weighted by Crippen LogP contribution is 2.35. The van der Waals surface area contributed by atoms with Gasteiger partial charge in [0, 0.05) is 6.07 Å². The molecule has 126 valence electrons. The molecule has 0 unspecified atom stereocenters. The van der Waals surface area contributed by atoms with Crippen LogP contribution in [0.3, 0.4) is 0 Å². The second-order valence-electron chi connectivity index (χ2n) is 4.54. The number of hydrogen-bond donors (Lipinski definition) is 3. The monoisotopic (exact) mass is 366 g/mol. The molecule has 0 aliphatic rings. The summed E-state index contributed by atoms with van der Waals surface area (Å²) >= 11 is 11.3. The van der Waals surface area contributed by atoms with Crippen molar-refractivity contribution in [3.63, 3.8) is 0 Å². The van der Waals surface area contributed by atoms with Crippen molar-refractivity contribution < 1.29 is 14.3 Å². The first-order valence-electron chi connectivity index (χ1n) is 6.71. The number of benzene rings is 1. The van der Waals surface area contributed by atoms with E-state index in [0.29, 0.717) is 28.0 Å². The second-order valence-corrected chi connectivity index (χ2v) is 5.35. The Bertz CT molecular complexity index is 785. The summed E-state index contributed by atoms with van der Waals surface area (Å²) in [5.74, 6) is 0.733. The maximum Gasteiger partial charge on any atom is 0.267 e. The molecule has 1 heterocycles. The fourth-order valence-electron chi connectivity index (χ4n) is 1.87. The zero-order chi connectivity index (χ0) is 17.7. The molecule has 1 aromatic heterocycles. The molecule has 0 bridgehead atoms. The van der Waals surface area contributed by atoms with E-state index in [4.69, 9.17) is 39.0 Å². The fraction of sp³-hybridized carbons (Fsp3) is 0.133. The van der Waals surface area contributed by atoms with Crippen LogP contribution < -0.4 is 25.8 Å². The zero-order valence-electron chi connectivity index (χ0n) is 12.9. The summed E-state index contributed by atoms with van der Waals surface area (Å²) in [5.41, 5.74) is 5.88. The summed E-state index contributed by atoms with van der Waals surface area (Å²) in [5, 5.41) is 6.45. The quantitative estimate of drug-likeness (QED) is 0.699. The molecule has 9 heteroatoms. The molecular weight excluding hydrogens is 352 g/mol. The Hall–Kier alpha value is -2.58. The number of amides is 1. The summed E-state index contributed by atoms with van der Waals surface area (Å²) in [6, 6.07) is 8.07. The average molecular weight is 367 g/mol. The van der Waals surface area contributed by atoms with Crippen LogP contribution >= 0.6 is 23.8 Å². The molecular formula is C15H15ClN4O3S. The van der Waals surface area contributed by atoms with Crippen molar-refractivity contribution in [1.82, 2.24) is 4.98 Å². The van der Waals surface area contributed by atoms with Gasteiger partial charge in [0.05, 0.1) is 24.9 Å². The van der Waals surface area contributed by atoms with Crippen LogP contribution in [-0.2, 0) is 0 Å². The van der Waals surface area contributed by atoms with E-state index in [-0.39, 0.29) is 10.8 Å². The van der Waals surface area contributed by atoms with Crippen LogP contribution in [0.5, 0.6) is 11.5 Å². The highest BCUT2D eigenvalue weighted by molar-refractivity contribution is 7.80. The Labute approximate surface area is 149 Å². The number of hydrogen-bond acceptors (Lipinski definition) is 5. The van der Waals surface area contributed by atoms with Gasteiger partial charge in [-0.25, -0.2) is 4.98 Å². The van der Waals surface area contributed by atoms with Crippen LogP contribution in [0.2, 0.25) is 5.02 Å². The van der Waals surface area contributed by atoms with Gasteiger partial charge < -0.3 is 25.8 Å². The number of aromatic nitrogens is 1. The normalized spacial score (nSPS) is 9.96. The number of carbonyl (C=O) groups is 1. The zero-order valence-corrected chi connectivity index (χ0v) is 14.5. The first-order valence-corrected chi connectivity index (χ1v) is 7.49. The van der Waals surface area contributed by atoms with Crippen molar-refractivity contribution in [2.24, 2.45) is 5.73 Å². The van der Waals surface area contributed by atoms with Crippen molar-refractivity contribution in [3.05, 3.63) is 41.0 Å². The molecule has 0 fully saturated rings. The first-order chi connectivity index (χ1) is 11.4. The molecule has 0 spiro atoms. The lowest BCUT2D eigenvalue weighted by Crippen LogP contribution is -2.21. The minimum Gasteiger partial charge on any atom is -0.495 e.